The van der Waals surface area contributed by atoms with E-state index in [1.807, 2.05) is 12.3 Å². The van der Waals surface area contributed by atoms with Crippen molar-refractivity contribution in [3.63, 3.8) is 0 Å². The zero-order valence-electron chi connectivity index (χ0n) is 14.7. The molecule has 0 unspecified atom stereocenters. The Kier molecular flexibility index (Phi) is 4.01. The highest BCUT2D eigenvalue weighted by molar-refractivity contribution is 5.86. The third-order valence-corrected chi connectivity index (χ3v) is 4.46. The van der Waals surface area contributed by atoms with Crippen LogP contribution < -0.4 is 5.32 Å². The van der Waals surface area contributed by atoms with E-state index in [1.165, 1.54) is 34.4 Å². The molecule has 4 heteroatoms. The second kappa shape index (κ2) is 6.48. The van der Waals surface area contributed by atoms with Gasteiger partial charge in [-0.05, 0) is 72.5 Å². The van der Waals surface area contributed by atoms with Gasteiger partial charge in [0.15, 0.2) is 5.75 Å². The molecule has 26 heavy (non-hydrogen) atoms. The van der Waals surface area contributed by atoms with E-state index in [0.717, 1.165) is 16.6 Å². The molecule has 0 aliphatic carbocycles. The minimum absolute atomic E-state index is 0.0194. The molecule has 127 valence electrons. The van der Waals surface area contributed by atoms with Gasteiger partial charge in [-0.2, -0.15) is 0 Å². The van der Waals surface area contributed by atoms with Crippen LogP contribution in [0.5, 0.6) is 5.75 Å². The van der Waals surface area contributed by atoms with Gasteiger partial charge in [0.25, 0.3) is 0 Å². The van der Waals surface area contributed by atoms with Gasteiger partial charge in [0.1, 0.15) is 0 Å². The van der Waals surface area contributed by atoms with E-state index >= 15 is 0 Å². The van der Waals surface area contributed by atoms with E-state index < -0.39 is 0 Å². The zero-order chi connectivity index (χ0) is 18.1. The average molecular weight is 340 g/mol. The maximum Gasteiger partial charge on any atom is 0.227 e. The lowest BCUT2D eigenvalue weighted by Gasteiger charge is -2.11. The van der Waals surface area contributed by atoms with Crippen molar-refractivity contribution < 1.29 is 5.11 Å². The Morgan fingerprint density at radius 3 is 2.35 bits per heavy atom. The fourth-order valence-electron chi connectivity index (χ4n) is 3.19. The Hall–Kier alpha value is -3.40. The predicted octanol–water partition coefficient (Wildman–Crippen LogP) is 5.80. The summed E-state index contributed by atoms with van der Waals surface area (Å²) in [7, 11) is 0. The highest BCUT2D eigenvalue weighted by atomic mass is 16.3. The lowest BCUT2D eigenvalue weighted by atomic mass is 9.95. The minimum Gasteiger partial charge on any atom is -0.324 e. The SMILES string of the molecule is Cc1cccc(C)c1-c1ccc2nc(Nc3ccc([O])cc3)ncc2c1. The van der Waals surface area contributed by atoms with Gasteiger partial charge in [-0.25, -0.2) is 9.97 Å². The molecular weight excluding hydrogens is 322 g/mol. The summed E-state index contributed by atoms with van der Waals surface area (Å²) in [4.78, 5) is 8.98. The van der Waals surface area contributed by atoms with Crippen molar-refractivity contribution in [1.29, 1.82) is 0 Å². The number of anilines is 2. The first-order valence-corrected chi connectivity index (χ1v) is 8.48. The largest absolute Gasteiger partial charge is 0.324 e. The Balaban J connectivity index is 1.69. The molecule has 1 heterocycles. The fraction of sp³-hybridized carbons (Fsp3) is 0.0909. The van der Waals surface area contributed by atoms with Crippen LogP contribution in [0.2, 0.25) is 0 Å². The molecule has 4 nitrogen and oxygen atoms in total. The van der Waals surface area contributed by atoms with E-state index in [9.17, 15) is 5.11 Å². The maximum atomic E-state index is 11.2. The van der Waals surface area contributed by atoms with Gasteiger partial charge in [-0.3, -0.25) is 5.11 Å². The van der Waals surface area contributed by atoms with E-state index in [2.05, 4.69) is 59.5 Å². The van der Waals surface area contributed by atoms with Gasteiger partial charge in [0.2, 0.25) is 5.95 Å². The van der Waals surface area contributed by atoms with Crippen LogP contribution >= 0.6 is 0 Å². The van der Waals surface area contributed by atoms with Crippen LogP contribution in [0.1, 0.15) is 11.1 Å². The number of fused-ring (bicyclic) bond motifs is 1. The number of aromatic nitrogens is 2. The average Bonchev–Trinajstić information content (AvgIpc) is 2.63. The number of nitrogens with zero attached hydrogens (tertiary/aromatic N) is 2. The van der Waals surface area contributed by atoms with Gasteiger partial charge in [0.05, 0.1) is 5.52 Å². The Morgan fingerprint density at radius 2 is 1.62 bits per heavy atom. The number of hydrogen-bond donors (Lipinski definition) is 1. The molecule has 0 spiro atoms. The number of aryl methyl sites for hydroxylation is 2. The van der Waals surface area contributed by atoms with Crippen molar-refractivity contribution in [2.75, 3.05) is 5.32 Å². The maximum absolute atomic E-state index is 11.2. The lowest BCUT2D eigenvalue weighted by molar-refractivity contribution is 0.355. The highest BCUT2D eigenvalue weighted by Gasteiger charge is 2.08. The van der Waals surface area contributed by atoms with E-state index in [4.69, 9.17) is 0 Å². The van der Waals surface area contributed by atoms with Crippen LogP contribution in [-0.4, -0.2) is 9.97 Å². The predicted molar refractivity (Wildman–Crippen MR) is 104 cm³/mol. The molecule has 0 aliphatic rings. The molecule has 0 amide bonds. The van der Waals surface area contributed by atoms with Crippen LogP contribution in [0.15, 0.2) is 66.9 Å². The third-order valence-electron chi connectivity index (χ3n) is 4.46. The number of hydrogen-bond acceptors (Lipinski definition) is 3. The molecule has 0 saturated carbocycles. The summed E-state index contributed by atoms with van der Waals surface area (Å²) in [6.45, 7) is 4.26. The molecule has 1 aromatic heterocycles. The van der Waals surface area contributed by atoms with Gasteiger partial charge in [0, 0.05) is 17.3 Å². The van der Waals surface area contributed by atoms with Crippen LogP contribution in [-0.2, 0) is 5.11 Å². The summed E-state index contributed by atoms with van der Waals surface area (Å²) >= 11 is 0. The quantitative estimate of drug-likeness (QED) is 0.512. The normalized spacial score (nSPS) is 10.8. The Morgan fingerprint density at radius 1 is 0.885 bits per heavy atom. The second-order valence-corrected chi connectivity index (χ2v) is 6.38. The summed E-state index contributed by atoms with van der Waals surface area (Å²) in [6.07, 6.45) is 1.82. The fourth-order valence-corrected chi connectivity index (χ4v) is 3.19. The summed E-state index contributed by atoms with van der Waals surface area (Å²) < 4.78 is 0. The summed E-state index contributed by atoms with van der Waals surface area (Å²) in [6, 6.07) is 19.0. The van der Waals surface area contributed by atoms with Gasteiger partial charge in [-0.1, -0.05) is 24.3 Å². The highest BCUT2D eigenvalue weighted by Crippen LogP contribution is 2.29. The minimum atomic E-state index is -0.0194. The number of nitrogens with one attached hydrogen (secondary N) is 1. The van der Waals surface area contributed by atoms with Crippen molar-refractivity contribution in [3.8, 4) is 16.9 Å². The topological polar surface area (TPSA) is 57.7 Å². The van der Waals surface area contributed by atoms with E-state index in [0.29, 0.717) is 5.95 Å². The van der Waals surface area contributed by atoms with Crippen LogP contribution in [0, 0.1) is 13.8 Å². The van der Waals surface area contributed by atoms with Crippen molar-refractivity contribution in [3.05, 3.63) is 78.0 Å². The van der Waals surface area contributed by atoms with E-state index in [-0.39, 0.29) is 5.75 Å². The third kappa shape index (κ3) is 3.09. The summed E-state index contributed by atoms with van der Waals surface area (Å²) in [5.74, 6) is 0.491. The molecule has 4 rings (SSSR count). The smallest absolute Gasteiger partial charge is 0.227 e. The molecule has 0 aliphatic heterocycles. The van der Waals surface area contributed by atoms with E-state index in [1.54, 1.807) is 12.1 Å². The molecule has 0 saturated heterocycles. The second-order valence-electron chi connectivity index (χ2n) is 6.38. The summed E-state index contributed by atoms with van der Waals surface area (Å²) in [5.41, 5.74) is 6.60. The Bertz CT molecular complexity index is 1070. The molecule has 4 aromatic rings. The van der Waals surface area contributed by atoms with Crippen LogP contribution in [0.25, 0.3) is 22.0 Å². The Labute approximate surface area is 152 Å². The van der Waals surface area contributed by atoms with Crippen molar-refractivity contribution in [1.82, 2.24) is 9.97 Å². The molecule has 3 aromatic carbocycles. The van der Waals surface area contributed by atoms with Gasteiger partial charge in [-0.15, -0.1) is 0 Å². The van der Waals surface area contributed by atoms with Crippen molar-refractivity contribution in [2.45, 2.75) is 13.8 Å². The zero-order valence-corrected chi connectivity index (χ0v) is 14.7. The molecular formula is C22H18N3O. The van der Waals surface area contributed by atoms with Crippen molar-refractivity contribution in [2.24, 2.45) is 0 Å². The van der Waals surface area contributed by atoms with Crippen LogP contribution in [0.4, 0.5) is 11.6 Å². The van der Waals surface area contributed by atoms with Crippen LogP contribution in [0.3, 0.4) is 0 Å². The first-order valence-electron chi connectivity index (χ1n) is 8.48. The first-order chi connectivity index (χ1) is 12.6. The van der Waals surface area contributed by atoms with Gasteiger partial charge >= 0.3 is 0 Å². The summed E-state index contributed by atoms with van der Waals surface area (Å²) in [5, 5.41) is 15.3. The molecule has 0 fully saturated rings. The lowest BCUT2D eigenvalue weighted by Crippen LogP contribution is -1.97. The molecule has 1 radical (unpaired) electrons. The number of benzene rings is 3. The first kappa shape index (κ1) is 16.1. The standard InChI is InChI=1S/C22H18N3O/c1-14-4-3-5-15(2)21(14)16-6-11-20-17(12-16)13-23-22(25-20)24-18-7-9-19(26)10-8-18/h3-13H,1-2H3,(H,23,24,25). The molecule has 0 atom stereocenters. The van der Waals surface area contributed by atoms with Crippen molar-refractivity contribution >= 4 is 22.5 Å². The number of rotatable bonds is 3. The van der Waals surface area contributed by atoms with Gasteiger partial charge < -0.3 is 5.32 Å². The molecule has 0 bridgehead atoms. The molecule has 1 N–H and O–H groups in total. The monoisotopic (exact) mass is 340 g/mol.